The third-order valence-corrected chi connectivity index (χ3v) is 3.05. The number of nitrogens with one attached hydrogen (secondary N) is 1. The van der Waals surface area contributed by atoms with Crippen molar-refractivity contribution in [1.82, 2.24) is 15.1 Å². The van der Waals surface area contributed by atoms with Gasteiger partial charge in [0.25, 0.3) is 0 Å². The molecule has 2 rings (SSSR count). The number of aromatic nitrogens is 2. The van der Waals surface area contributed by atoms with Crippen molar-refractivity contribution in [1.29, 1.82) is 0 Å². The summed E-state index contributed by atoms with van der Waals surface area (Å²) >= 11 is 0. The standard InChI is InChI=1S/C15H19N3O2/c1-2-8-16-14(15(19)20)11-18-10-13(9-17-18)12-6-4-3-5-7-12/h3-7,9-10,14,16H,2,8,11H2,1H3,(H,19,20). The molecule has 0 aliphatic heterocycles. The highest BCUT2D eigenvalue weighted by molar-refractivity contribution is 5.73. The van der Waals surface area contributed by atoms with Gasteiger partial charge in [-0.05, 0) is 18.5 Å². The number of rotatable bonds is 7. The number of nitrogens with zero attached hydrogens (tertiary/aromatic N) is 2. The zero-order valence-electron chi connectivity index (χ0n) is 11.5. The number of hydrogen-bond acceptors (Lipinski definition) is 3. The topological polar surface area (TPSA) is 67.2 Å². The summed E-state index contributed by atoms with van der Waals surface area (Å²) in [7, 11) is 0. The summed E-state index contributed by atoms with van der Waals surface area (Å²) in [4.78, 5) is 11.2. The molecule has 20 heavy (non-hydrogen) atoms. The van der Waals surface area contributed by atoms with Gasteiger partial charge >= 0.3 is 5.97 Å². The van der Waals surface area contributed by atoms with Crippen molar-refractivity contribution in [2.45, 2.75) is 25.9 Å². The highest BCUT2D eigenvalue weighted by Crippen LogP contribution is 2.17. The Kier molecular flexibility index (Phi) is 4.90. The van der Waals surface area contributed by atoms with Gasteiger partial charge in [-0.25, -0.2) is 0 Å². The largest absolute Gasteiger partial charge is 0.480 e. The molecule has 2 N–H and O–H groups in total. The molecule has 1 atom stereocenters. The van der Waals surface area contributed by atoms with E-state index >= 15 is 0 Å². The van der Waals surface area contributed by atoms with Gasteiger partial charge in [0.2, 0.25) is 0 Å². The van der Waals surface area contributed by atoms with Gasteiger partial charge in [0.1, 0.15) is 6.04 Å². The van der Waals surface area contributed by atoms with Crippen LogP contribution in [0.5, 0.6) is 0 Å². The van der Waals surface area contributed by atoms with Crippen LogP contribution in [0.1, 0.15) is 13.3 Å². The predicted octanol–water partition coefficient (Wildman–Crippen LogP) is 2.00. The maximum atomic E-state index is 11.2. The van der Waals surface area contributed by atoms with Gasteiger partial charge in [0.05, 0.1) is 12.7 Å². The van der Waals surface area contributed by atoms with Gasteiger partial charge in [-0.3, -0.25) is 9.48 Å². The van der Waals surface area contributed by atoms with Gasteiger partial charge in [-0.2, -0.15) is 5.10 Å². The third-order valence-electron chi connectivity index (χ3n) is 3.05. The second-order valence-corrected chi connectivity index (χ2v) is 4.66. The van der Waals surface area contributed by atoms with Crippen LogP contribution in [0.15, 0.2) is 42.7 Å². The normalized spacial score (nSPS) is 12.2. The summed E-state index contributed by atoms with van der Waals surface area (Å²) in [6.07, 6.45) is 4.53. The van der Waals surface area contributed by atoms with Gasteiger partial charge in [-0.1, -0.05) is 37.3 Å². The van der Waals surface area contributed by atoms with E-state index in [1.807, 2.05) is 43.5 Å². The fourth-order valence-corrected chi connectivity index (χ4v) is 1.98. The van der Waals surface area contributed by atoms with E-state index in [1.54, 1.807) is 10.9 Å². The lowest BCUT2D eigenvalue weighted by molar-refractivity contribution is -0.139. The van der Waals surface area contributed by atoms with Crippen LogP contribution in [0.4, 0.5) is 0 Å². The summed E-state index contributed by atoms with van der Waals surface area (Å²) in [6.45, 7) is 3.01. The third kappa shape index (κ3) is 3.68. The van der Waals surface area contributed by atoms with Crippen molar-refractivity contribution < 1.29 is 9.90 Å². The number of carboxylic acid groups (broad SMARTS) is 1. The lowest BCUT2D eigenvalue weighted by atomic mass is 10.1. The molecule has 0 fully saturated rings. The number of aliphatic carboxylic acids is 1. The van der Waals surface area contributed by atoms with E-state index in [2.05, 4.69) is 10.4 Å². The highest BCUT2D eigenvalue weighted by Gasteiger charge is 2.17. The molecule has 1 aromatic heterocycles. The quantitative estimate of drug-likeness (QED) is 0.809. The van der Waals surface area contributed by atoms with E-state index in [-0.39, 0.29) is 0 Å². The molecule has 106 valence electrons. The van der Waals surface area contributed by atoms with Gasteiger partial charge < -0.3 is 10.4 Å². The summed E-state index contributed by atoms with van der Waals surface area (Å²) in [5.41, 5.74) is 2.07. The molecule has 5 heteroatoms. The molecule has 0 aliphatic rings. The van der Waals surface area contributed by atoms with Gasteiger partial charge in [-0.15, -0.1) is 0 Å². The summed E-state index contributed by atoms with van der Waals surface area (Å²) in [5, 5.41) is 16.4. The Bertz CT molecular complexity index is 551. The second-order valence-electron chi connectivity index (χ2n) is 4.66. The molecule has 0 bridgehead atoms. The smallest absolute Gasteiger partial charge is 0.322 e. The van der Waals surface area contributed by atoms with Crippen molar-refractivity contribution in [3.05, 3.63) is 42.7 Å². The van der Waals surface area contributed by atoms with Crippen LogP contribution in [-0.2, 0) is 11.3 Å². The molecule has 1 aromatic carbocycles. The Morgan fingerprint density at radius 3 is 2.75 bits per heavy atom. The van der Waals surface area contributed by atoms with E-state index in [0.29, 0.717) is 13.1 Å². The Morgan fingerprint density at radius 1 is 1.35 bits per heavy atom. The molecular formula is C15H19N3O2. The number of benzene rings is 1. The molecule has 0 amide bonds. The summed E-state index contributed by atoms with van der Waals surface area (Å²) < 4.78 is 1.67. The molecule has 0 spiro atoms. The minimum atomic E-state index is -0.852. The van der Waals surface area contributed by atoms with Crippen LogP contribution in [0, 0.1) is 0 Å². The van der Waals surface area contributed by atoms with Gasteiger partial charge in [0.15, 0.2) is 0 Å². The molecule has 0 aliphatic carbocycles. The fourth-order valence-electron chi connectivity index (χ4n) is 1.98. The van der Waals surface area contributed by atoms with Crippen LogP contribution >= 0.6 is 0 Å². The van der Waals surface area contributed by atoms with Crippen LogP contribution in [-0.4, -0.2) is 33.4 Å². The molecule has 5 nitrogen and oxygen atoms in total. The first-order chi connectivity index (χ1) is 9.70. The number of hydrogen-bond donors (Lipinski definition) is 2. The van der Waals surface area contributed by atoms with E-state index in [0.717, 1.165) is 17.5 Å². The molecule has 0 saturated carbocycles. The SMILES string of the molecule is CCCNC(Cn1cc(-c2ccccc2)cn1)C(=O)O. The van der Waals surface area contributed by atoms with Crippen molar-refractivity contribution >= 4 is 5.97 Å². The molecule has 1 unspecified atom stereocenters. The van der Waals surface area contributed by atoms with Crippen LogP contribution in [0.25, 0.3) is 11.1 Å². The van der Waals surface area contributed by atoms with Crippen LogP contribution < -0.4 is 5.32 Å². The minimum Gasteiger partial charge on any atom is -0.480 e. The van der Waals surface area contributed by atoms with Crippen LogP contribution in [0.3, 0.4) is 0 Å². The first-order valence-electron chi connectivity index (χ1n) is 6.74. The van der Waals surface area contributed by atoms with E-state index in [1.165, 1.54) is 0 Å². The minimum absolute atomic E-state index is 0.322. The predicted molar refractivity (Wildman–Crippen MR) is 77.4 cm³/mol. The van der Waals surface area contributed by atoms with Gasteiger partial charge in [0, 0.05) is 11.8 Å². The van der Waals surface area contributed by atoms with Crippen LogP contribution in [0.2, 0.25) is 0 Å². The molecule has 0 radical (unpaired) electrons. The molecule has 0 saturated heterocycles. The monoisotopic (exact) mass is 273 g/mol. The van der Waals surface area contributed by atoms with E-state index in [9.17, 15) is 9.90 Å². The number of carboxylic acids is 1. The Balaban J connectivity index is 2.06. The molecule has 1 heterocycles. The molecular weight excluding hydrogens is 254 g/mol. The van der Waals surface area contributed by atoms with Crippen molar-refractivity contribution in [3.63, 3.8) is 0 Å². The lowest BCUT2D eigenvalue weighted by Gasteiger charge is -2.13. The lowest BCUT2D eigenvalue weighted by Crippen LogP contribution is -2.40. The van der Waals surface area contributed by atoms with Crippen molar-refractivity contribution in [3.8, 4) is 11.1 Å². The fraction of sp³-hybridized carbons (Fsp3) is 0.333. The van der Waals surface area contributed by atoms with E-state index in [4.69, 9.17) is 0 Å². The second kappa shape index (κ2) is 6.86. The number of carbonyl (C=O) groups is 1. The highest BCUT2D eigenvalue weighted by atomic mass is 16.4. The van der Waals surface area contributed by atoms with E-state index < -0.39 is 12.0 Å². The average molecular weight is 273 g/mol. The molecule has 2 aromatic rings. The maximum Gasteiger partial charge on any atom is 0.322 e. The maximum absolute atomic E-state index is 11.2. The Hall–Kier alpha value is -2.14. The first-order valence-corrected chi connectivity index (χ1v) is 6.74. The first kappa shape index (κ1) is 14.3. The summed E-state index contributed by atoms with van der Waals surface area (Å²) in [5.74, 6) is -0.852. The zero-order chi connectivity index (χ0) is 14.4. The average Bonchev–Trinajstić information content (AvgIpc) is 2.92. The summed E-state index contributed by atoms with van der Waals surface area (Å²) in [6, 6.07) is 9.30. The Labute approximate surface area is 118 Å². The zero-order valence-corrected chi connectivity index (χ0v) is 11.5. The van der Waals surface area contributed by atoms with Crippen molar-refractivity contribution in [2.24, 2.45) is 0 Å². The Morgan fingerprint density at radius 2 is 2.10 bits per heavy atom. The van der Waals surface area contributed by atoms with Crippen molar-refractivity contribution in [2.75, 3.05) is 6.54 Å².